The summed E-state index contributed by atoms with van der Waals surface area (Å²) in [6.07, 6.45) is 0. The van der Waals surface area contributed by atoms with Gasteiger partial charge in [-0.1, -0.05) is 0 Å². The predicted molar refractivity (Wildman–Crippen MR) is 36.3 cm³/mol. The van der Waals surface area contributed by atoms with Gasteiger partial charge in [0.25, 0.3) is 0 Å². The van der Waals surface area contributed by atoms with Crippen LogP contribution in [0.3, 0.4) is 0 Å². The van der Waals surface area contributed by atoms with Crippen LogP contribution in [0.2, 0.25) is 0 Å². The fraction of sp³-hybridized carbons (Fsp3) is 0. The zero-order chi connectivity index (χ0) is 13.5. The van der Waals surface area contributed by atoms with Crippen molar-refractivity contribution in [2.45, 2.75) is 0 Å². The molecule has 0 aromatic rings. The van der Waals surface area contributed by atoms with Gasteiger partial charge in [0, 0.05) is 0 Å². The van der Waals surface area contributed by atoms with E-state index in [-0.39, 0.29) is 78.4 Å². The molecule has 0 aromatic heterocycles. The molecule has 0 bridgehead atoms. The molecular weight excluding hydrogens is 421 g/mol. The Morgan fingerprint density at radius 1 is 0.353 bits per heavy atom. The average Bonchev–Trinajstić information content (AvgIpc) is 1.41. The van der Waals surface area contributed by atoms with Gasteiger partial charge in [-0.05, 0) is 0 Å². The maximum absolute atomic E-state index is 9.75. The molecule has 0 rings (SSSR count). The van der Waals surface area contributed by atoms with Gasteiger partial charge >= 0.3 is 100 Å². The van der Waals surface area contributed by atoms with E-state index >= 15 is 0 Å². The largest absolute Gasteiger partial charge is 2.00 e. The van der Waals surface area contributed by atoms with E-state index in [4.69, 9.17) is 0 Å². The molecule has 0 saturated heterocycles. The summed E-state index contributed by atoms with van der Waals surface area (Å²) in [5.74, 6) is 0. The van der Waals surface area contributed by atoms with Crippen molar-refractivity contribution in [1.82, 2.24) is 0 Å². The van der Waals surface area contributed by atoms with Crippen LogP contribution in [0.4, 0.5) is 51.8 Å². The molecule has 0 fully saturated rings. The Morgan fingerprint density at radius 3 is 0.353 bits per heavy atom. The topological polar surface area (TPSA) is 0 Å². The van der Waals surface area contributed by atoms with E-state index < -0.39 is 21.8 Å². The van der Waals surface area contributed by atoms with E-state index in [1.54, 1.807) is 0 Å². The Balaban J connectivity index is -0.0000000400. The zero-order valence-electron chi connectivity index (χ0n) is 7.97. The molecule has 0 aliphatic carbocycles. The second-order valence-corrected chi connectivity index (χ2v) is 1.48. The molecule has 17 heteroatoms. The average molecular weight is 421 g/mol. The molecule has 17 heavy (non-hydrogen) atoms. The van der Waals surface area contributed by atoms with Crippen LogP contribution in [0.5, 0.6) is 0 Å². The number of halogens is 12. The maximum Gasteiger partial charge on any atom is 2.00 e. The van der Waals surface area contributed by atoms with E-state index in [0.717, 1.165) is 0 Å². The summed E-state index contributed by atoms with van der Waals surface area (Å²) < 4.78 is 117. The smallest absolute Gasteiger partial charge is 0.418 e. The molecule has 0 heterocycles. The summed E-state index contributed by atoms with van der Waals surface area (Å²) in [4.78, 5) is 0. The van der Waals surface area contributed by atoms with Crippen LogP contribution in [0.1, 0.15) is 0 Å². The van der Waals surface area contributed by atoms with Gasteiger partial charge in [0.2, 0.25) is 0 Å². The fourth-order valence-electron chi connectivity index (χ4n) is 0. The first-order valence-electron chi connectivity index (χ1n) is 2.62. The van der Waals surface area contributed by atoms with Gasteiger partial charge in [-0.25, -0.2) is 0 Å². The second kappa shape index (κ2) is 12.9. The Bertz CT molecular complexity index is 96.8. The quantitative estimate of drug-likeness (QED) is 0.396. The van der Waals surface area contributed by atoms with Gasteiger partial charge in [-0.2, -0.15) is 0 Å². The first kappa shape index (κ1) is 31.4. The Hall–Kier alpha value is 1.93. The van der Waals surface area contributed by atoms with Gasteiger partial charge in [0.05, 0.1) is 0 Å². The van der Waals surface area contributed by atoms with E-state index in [1.165, 1.54) is 0 Å². The van der Waals surface area contributed by atoms with E-state index in [0.29, 0.717) is 0 Å². The summed E-state index contributed by atoms with van der Waals surface area (Å²) in [7, 11) is -18.0. The van der Waals surface area contributed by atoms with Crippen LogP contribution in [-0.2, 0) is 0 Å². The number of rotatable bonds is 0. The SMILES string of the molecule is F[B-](F)(F)F.F[B-](F)(F)F.F[B-](F)(F)F.[Ba+2].[Na+]. The normalized spacial score (nSPS) is 10.6. The number of hydrogen-bond acceptors (Lipinski definition) is 0. The first-order valence-corrected chi connectivity index (χ1v) is 2.62. The van der Waals surface area contributed by atoms with Crippen LogP contribution in [0.25, 0.3) is 0 Å². The third-order valence-corrected chi connectivity index (χ3v) is 0. The fourth-order valence-corrected chi connectivity index (χ4v) is 0. The van der Waals surface area contributed by atoms with E-state index in [1.807, 2.05) is 0 Å². The van der Waals surface area contributed by atoms with Crippen molar-refractivity contribution >= 4 is 70.6 Å². The molecule has 0 spiro atoms. The van der Waals surface area contributed by atoms with Crippen molar-refractivity contribution in [1.29, 1.82) is 0 Å². The number of hydrogen-bond donors (Lipinski definition) is 0. The van der Waals surface area contributed by atoms with Crippen molar-refractivity contribution in [2.75, 3.05) is 0 Å². The van der Waals surface area contributed by atoms with Gasteiger partial charge < -0.3 is 51.8 Å². The molecule has 0 N–H and O–H groups in total. The van der Waals surface area contributed by atoms with Crippen molar-refractivity contribution in [2.24, 2.45) is 0 Å². The van der Waals surface area contributed by atoms with Crippen LogP contribution in [0.15, 0.2) is 0 Å². The molecule has 0 nitrogen and oxygen atoms in total. The maximum atomic E-state index is 9.75. The summed E-state index contributed by atoms with van der Waals surface area (Å²) >= 11 is 0. The Morgan fingerprint density at radius 2 is 0.353 bits per heavy atom. The molecule has 0 saturated carbocycles. The predicted octanol–water partition coefficient (Wildman–Crippen LogP) is 0.523. The van der Waals surface area contributed by atoms with E-state index in [2.05, 4.69) is 0 Å². The van der Waals surface area contributed by atoms with Gasteiger partial charge in [0.15, 0.2) is 0 Å². The summed E-state index contributed by atoms with van der Waals surface area (Å²) in [5, 5.41) is 0. The van der Waals surface area contributed by atoms with Crippen LogP contribution < -0.4 is 29.6 Å². The van der Waals surface area contributed by atoms with Crippen LogP contribution >= 0.6 is 0 Å². The monoisotopic (exact) mass is 422 g/mol. The van der Waals surface area contributed by atoms with Gasteiger partial charge in [-0.3, -0.25) is 0 Å². The molecule has 0 unspecified atom stereocenters. The Kier molecular flexibility index (Phi) is 23.9. The van der Waals surface area contributed by atoms with Crippen molar-refractivity contribution in [3.05, 3.63) is 0 Å². The molecule has 0 aliphatic heterocycles. The molecule has 0 aliphatic rings. The minimum absolute atomic E-state index is 0. The van der Waals surface area contributed by atoms with Crippen molar-refractivity contribution in [3.8, 4) is 0 Å². The Labute approximate surface area is 150 Å². The van der Waals surface area contributed by atoms with Gasteiger partial charge in [0.1, 0.15) is 0 Å². The minimum atomic E-state index is -6.00. The molecular formula is B3BaF12Na. The first-order chi connectivity index (χ1) is 6.00. The van der Waals surface area contributed by atoms with Crippen molar-refractivity contribution < 1.29 is 81.3 Å². The third-order valence-electron chi connectivity index (χ3n) is 0. The molecule has 0 amide bonds. The molecule has 0 atom stereocenters. The molecule has 0 aromatic carbocycles. The van der Waals surface area contributed by atoms with Crippen LogP contribution in [-0.4, -0.2) is 70.6 Å². The molecule has 0 radical (unpaired) electrons. The summed E-state index contributed by atoms with van der Waals surface area (Å²) in [6, 6.07) is 0. The van der Waals surface area contributed by atoms with Crippen molar-refractivity contribution in [3.63, 3.8) is 0 Å². The summed E-state index contributed by atoms with van der Waals surface area (Å²) in [5.41, 5.74) is 0. The van der Waals surface area contributed by atoms with Gasteiger partial charge in [-0.15, -0.1) is 0 Å². The van der Waals surface area contributed by atoms with E-state index in [9.17, 15) is 51.8 Å². The second-order valence-electron chi connectivity index (χ2n) is 1.48. The zero-order valence-corrected chi connectivity index (χ0v) is 14.4. The molecule has 96 valence electrons. The summed E-state index contributed by atoms with van der Waals surface area (Å²) in [6.45, 7) is 0. The van der Waals surface area contributed by atoms with Crippen LogP contribution in [0, 0.1) is 0 Å². The standard InChI is InChI=1S/3BF4.Ba.Na/c3*2-1(3,4)5;;/q3*-1;+2;+1. The third kappa shape index (κ3) is 1230. The minimum Gasteiger partial charge on any atom is -0.418 e.